The van der Waals surface area contributed by atoms with Gasteiger partial charge in [0.25, 0.3) is 0 Å². The zero-order valence-electron chi connectivity index (χ0n) is 8.64. The van der Waals surface area contributed by atoms with E-state index in [0.29, 0.717) is 17.9 Å². The predicted octanol–water partition coefficient (Wildman–Crippen LogP) is -0.396. The molecule has 5 N–H and O–H groups in total. The summed E-state index contributed by atoms with van der Waals surface area (Å²) < 4.78 is 0. The number of nitrogens with one attached hydrogen (secondary N) is 1. The molecule has 0 aliphatic rings. The fourth-order valence-electron chi connectivity index (χ4n) is 1.14. The Kier molecular flexibility index (Phi) is 3.81. The average molecular weight is 212 g/mol. The molecule has 1 rings (SSSR count). The molecule has 0 bridgehead atoms. The summed E-state index contributed by atoms with van der Waals surface area (Å²) in [6, 6.07) is 0. The van der Waals surface area contributed by atoms with E-state index in [1.807, 2.05) is 6.92 Å². The highest BCUT2D eigenvalue weighted by Gasteiger charge is 2.27. The largest absolute Gasteiger partial charge is 0.394 e. The van der Waals surface area contributed by atoms with Crippen LogP contribution in [0.2, 0.25) is 0 Å². The topological polar surface area (TPSA) is 104 Å². The van der Waals surface area contributed by atoms with Gasteiger partial charge < -0.3 is 21.3 Å². The van der Waals surface area contributed by atoms with Crippen LogP contribution in [0.4, 0.5) is 11.5 Å². The molecule has 15 heavy (non-hydrogen) atoms. The predicted molar refractivity (Wildman–Crippen MR) is 57.3 cm³/mol. The lowest BCUT2D eigenvalue weighted by molar-refractivity contribution is 0.132. The van der Waals surface area contributed by atoms with Crippen LogP contribution in [0.15, 0.2) is 12.5 Å². The number of hydrogen-bond donors (Lipinski definition) is 4. The first-order valence-electron chi connectivity index (χ1n) is 4.73. The lowest BCUT2D eigenvalue weighted by Gasteiger charge is -2.30. The van der Waals surface area contributed by atoms with Gasteiger partial charge in [-0.25, -0.2) is 9.97 Å². The number of hydrogen-bond acceptors (Lipinski definition) is 6. The maximum atomic E-state index is 9.22. The monoisotopic (exact) mass is 212 g/mol. The minimum absolute atomic E-state index is 0.191. The van der Waals surface area contributed by atoms with E-state index in [9.17, 15) is 10.2 Å². The molecular formula is C9H16N4O2. The van der Waals surface area contributed by atoms with E-state index in [-0.39, 0.29) is 13.2 Å². The summed E-state index contributed by atoms with van der Waals surface area (Å²) >= 11 is 0. The molecule has 0 radical (unpaired) electrons. The highest BCUT2D eigenvalue weighted by atomic mass is 16.3. The molecule has 0 unspecified atom stereocenters. The van der Waals surface area contributed by atoms with E-state index in [0.717, 1.165) is 0 Å². The van der Waals surface area contributed by atoms with Crippen LogP contribution in [-0.4, -0.2) is 38.9 Å². The first kappa shape index (κ1) is 11.7. The van der Waals surface area contributed by atoms with Gasteiger partial charge in [0.15, 0.2) is 5.82 Å². The number of nitrogen functional groups attached to an aromatic ring is 1. The average Bonchev–Trinajstić information content (AvgIpc) is 2.29. The van der Waals surface area contributed by atoms with Crippen LogP contribution in [0.25, 0.3) is 0 Å². The summed E-state index contributed by atoms with van der Waals surface area (Å²) in [6.45, 7) is 1.48. The molecule has 0 fully saturated rings. The Balaban J connectivity index is 2.88. The van der Waals surface area contributed by atoms with Crippen LogP contribution >= 0.6 is 0 Å². The third-order valence-electron chi connectivity index (χ3n) is 2.41. The van der Waals surface area contributed by atoms with E-state index >= 15 is 0 Å². The van der Waals surface area contributed by atoms with Crippen molar-refractivity contribution < 1.29 is 10.2 Å². The Bertz CT molecular complexity index is 306. The Morgan fingerprint density at radius 1 is 1.47 bits per heavy atom. The fourth-order valence-corrected chi connectivity index (χ4v) is 1.14. The van der Waals surface area contributed by atoms with Gasteiger partial charge in [0.05, 0.1) is 30.6 Å². The maximum Gasteiger partial charge on any atom is 0.153 e. The van der Waals surface area contributed by atoms with Gasteiger partial charge in [-0.3, -0.25) is 0 Å². The minimum atomic E-state index is -0.789. The molecule has 6 nitrogen and oxygen atoms in total. The quantitative estimate of drug-likeness (QED) is 0.529. The molecule has 1 aromatic heterocycles. The highest BCUT2D eigenvalue weighted by molar-refractivity contribution is 5.60. The van der Waals surface area contributed by atoms with Crippen molar-refractivity contribution in [3.05, 3.63) is 12.5 Å². The van der Waals surface area contributed by atoms with Crippen LogP contribution in [0.3, 0.4) is 0 Å². The summed E-state index contributed by atoms with van der Waals surface area (Å²) in [7, 11) is 0. The van der Waals surface area contributed by atoms with Crippen molar-refractivity contribution in [2.45, 2.75) is 18.9 Å². The van der Waals surface area contributed by atoms with Gasteiger partial charge in [-0.05, 0) is 6.42 Å². The Morgan fingerprint density at radius 3 is 2.60 bits per heavy atom. The molecule has 0 saturated heterocycles. The number of nitrogens with two attached hydrogens (primary N) is 1. The van der Waals surface area contributed by atoms with E-state index in [1.54, 1.807) is 0 Å². The molecule has 0 amide bonds. The standard InChI is InChI=1S/C9H16N4O2/c1-2-9(4-14,5-15)13-8-7(10)3-11-6-12-8/h3,6,14-15H,2,4-5,10H2,1H3,(H,11,12,13). The second-order valence-electron chi connectivity index (χ2n) is 3.40. The normalized spacial score (nSPS) is 11.4. The Morgan fingerprint density at radius 2 is 2.13 bits per heavy atom. The highest BCUT2D eigenvalue weighted by Crippen LogP contribution is 2.20. The summed E-state index contributed by atoms with van der Waals surface area (Å²) in [5.41, 5.74) is 5.24. The summed E-state index contributed by atoms with van der Waals surface area (Å²) in [6.07, 6.45) is 3.38. The zero-order chi connectivity index (χ0) is 11.3. The number of anilines is 2. The van der Waals surface area contributed by atoms with Crippen molar-refractivity contribution in [1.29, 1.82) is 0 Å². The molecule has 84 valence electrons. The van der Waals surface area contributed by atoms with Crippen LogP contribution in [-0.2, 0) is 0 Å². The van der Waals surface area contributed by atoms with Gasteiger partial charge in [0.2, 0.25) is 0 Å². The first-order chi connectivity index (χ1) is 7.17. The molecule has 0 saturated carbocycles. The molecule has 1 aromatic rings. The van der Waals surface area contributed by atoms with Gasteiger partial charge in [-0.2, -0.15) is 0 Å². The van der Waals surface area contributed by atoms with Gasteiger partial charge in [0, 0.05) is 0 Å². The smallest absolute Gasteiger partial charge is 0.153 e. The zero-order valence-corrected chi connectivity index (χ0v) is 8.64. The van der Waals surface area contributed by atoms with Crippen molar-refractivity contribution in [3.63, 3.8) is 0 Å². The Hall–Kier alpha value is -1.40. The van der Waals surface area contributed by atoms with Crippen molar-refractivity contribution in [2.24, 2.45) is 0 Å². The summed E-state index contributed by atoms with van der Waals surface area (Å²) in [4.78, 5) is 7.69. The van der Waals surface area contributed by atoms with Crippen LogP contribution in [0.1, 0.15) is 13.3 Å². The van der Waals surface area contributed by atoms with Crippen molar-refractivity contribution in [3.8, 4) is 0 Å². The molecule has 1 heterocycles. The molecule has 0 atom stereocenters. The Labute approximate surface area is 88.2 Å². The number of aliphatic hydroxyl groups is 2. The second-order valence-corrected chi connectivity index (χ2v) is 3.40. The van der Waals surface area contributed by atoms with E-state index in [1.165, 1.54) is 12.5 Å². The van der Waals surface area contributed by atoms with Crippen molar-refractivity contribution >= 4 is 11.5 Å². The SMILES string of the molecule is CCC(CO)(CO)Nc1ncncc1N. The van der Waals surface area contributed by atoms with Crippen molar-refractivity contribution in [2.75, 3.05) is 24.3 Å². The van der Waals surface area contributed by atoms with Crippen LogP contribution in [0.5, 0.6) is 0 Å². The fraction of sp³-hybridized carbons (Fsp3) is 0.556. The lowest BCUT2D eigenvalue weighted by atomic mass is 9.98. The molecule has 0 aromatic carbocycles. The number of rotatable bonds is 5. The summed E-state index contributed by atoms with van der Waals surface area (Å²) in [5.74, 6) is 0.426. The van der Waals surface area contributed by atoms with E-state index in [4.69, 9.17) is 5.73 Å². The van der Waals surface area contributed by atoms with Gasteiger partial charge in [-0.1, -0.05) is 6.92 Å². The van der Waals surface area contributed by atoms with E-state index < -0.39 is 5.54 Å². The van der Waals surface area contributed by atoms with Gasteiger partial charge >= 0.3 is 0 Å². The third-order valence-corrected chi connectivity index (χ3v) is 2.41. The lowest BCUT2D eigenvalue weighted by Crippen LogP contribution is -2.45. The number of aromatic nitrogens is 2. The van der Waals surface area contributed by atoms with Crippen molar-refractivity contribution in [1.82, 2.24) is 9.97 Å². The molecular weight excluding hydrogens is 196 g/mol. The maximum absolute atomic E-state index is 9.22. The van der Waals surface area contributed by atoms with E-state index in [2.05, 4.69) is 15.3 Å². The third kappa shape index (κ3) is 2.54. The van der Waals surface area contributed by atoms with Gasteiger partial charge in [-0.15, -0.1) is 0 Å². The number of aliphatic hydroxyl groups excluding tert-OH is 2. The number of nitrogens with zero attached hydrogens (tertiary/aromatic N) is 2. The molecule has 0 aliphatic carbocycles. The molecule has 0 aliphatic heterocycles. The van der Waals surface area contributed by atoms with Crippen LogP contribution < -0.4 is 11.1 Å². The van der Waals surface area contributed by atoms with Gasteiger partial charge in [0.1, 0.15) is 6.33 Å². The molecule has 6 heteroatoms. The molecule has 0 spiro atoms. The second kappa shape index (κ2) is 4.90. The first-order valence-corrected chi connectivity index (χ1v) is 4.73. The minimum Gasteiger partial charge on any atom is -0.394 e. The summed E-state index contributed by atoms with van der Waals surface area (Å²) in [5, 5.41) is 21.4. The van der Waals surface area contributed by atoms with Crippen LogP contribution in [0, 0.1) is 0 Å².